The molecule has 1 atom stereocenters. The summed E-state index contributed by atoms with van der Waals surface area (Å²) in [5.74, 6) is 0.283. The summed E-state index contributed by atoms with van der Waals surface area (Å²) >= 11 is 1.67. The Kier molecular flexibility index (Phi) is 4.84. The highest BCUT2D eigenvalue weighted by molar-refractivity contribution is 7.07. The molecule has 0 radical (unpaired) electrons. The Balaban J connectivity index is 2.22. The van der Waals surface area contributed by atoms with E-state index in [9.17, 15) is 4.79 Å². The van der Waals surface area contributed by atoms with Gasteiger partial charge in [-0.05, 0) is 35.2 Å². The minimum absolute atomic E-state index is 0.0463. The molecule has 0 amide bonds. The van der Waals surface area contributed by atoms with Crippen LogP contribution in [0.1, 0.15) is 31.7 Å². The van der Waals surface area contributed by atoms with E-state index in [1.807, 2.05) is 12.3 Å². The Morgan fingerprint density at radius 3 is 3.00 bits per heavy atom. The first-order valence-corrected chi connectivity index (χ1v) is 5.95. The fourth-order valence-corrected chi connectivity index (χ4v) is 1.96. The number of hydrogen-bond acceptors (Lipinski definition) is 3. The van der Waals surface area contributed by atoms with E-state index in [0.29, 0.717) is 12.8 Å². The van der Waals surface area contributed by atoms with Gasteiger partial charge in [0.25, 0.3) is 0 Å². The molecule has 0 aliphatic rings. The van der Waals surface area contributed by atoms with E-state index in [2.05, 4.69) is 11.4 Å². The minimum atomic E-state index is 0.0463. The van der Waals surface area contributed by atoms with E-state index in [1.165, 1.54) is 5.56 Å². The average Bonchev–Trinajstić information content (AvgIpc) is 2.67. The first-order valence-electron chi connectivity index (χ1n) is 5.00. The van der Waals surface area contributed by atoms with Crippen LogP contribution in [0.25, 0.3) is 0 Å². The summed E-state index contributed by atoms with van der Waals surface area (Å²) in [6.07, 6.45) is 2.90. The fraction of sp³-hybridized carbons (Fsp3) is 0.545. The molecule has 0 saturated heterocycles. The van der Waals surface area contributed by atoms with Crippen molar-refractivity contribution < 1.29 is 4.79 Å². The van der Waals surface area contributed by atoms with Crippen LogP contribution in [0.3, 0.4) is 0 Å². The lowest BCUT2D eigenvalue weighted by Crippen LogP contribution is -2.22. The van der Waals surface area contributed by atoms with Crippen molar-refractivity contribution in [2.75, 3.05) is 0 Å². The molecule has 0 aliphatic carbocycles. The van der Waals surface area contributed by atoms with Crippen LogP contribution in [0, 0.1) is 0 Å². The zero-order valence-corrected chi connectivity index (χ0v) is 9.35. The molecule has 3 heteroatoms. The lowest BCUT2D eigenvalue weighted by Gasteiger charge is -2.06. The predicted molar refractivity (Wildman–Crippen MR) is 60.5 cm³/mol. The molecule has 2 N–H and O–H groups in total. The van der Waals surface area contributed by atoms with Crippen LogP contribution >= 0.6 is 11.3 Å². The number of carbonyl (C=O) groups is 1. The van der Waals surface area contributed by atoms with Gasteiger partial charge < -0.3 is 5.73 Å². The van der Waals surface area contributed by atoms with Crippen molar-refractivity contribution >= 4 is 17.1 Å². The summed E-state index contributed by atoms with van der Waals surface area (Å²) in [5, 5.41) is 4.13. The van der Waals surface area contributed by atoms with Crippen molar-refractivity contribution in [2.24, 2.45) is 5.73 Å². The largest absolute Gasteiger partial charge is 0.327 e. The molecule has 14 heavy (non-hydrogen) atoms. The number of rotatable bonds is 6. The van der Waals surface area contributed by atoms with Gasteiger partial charge in [0.05, 0.1) is 0 Å². The second-order valence-electron chi connectivity index (χ2n) is 3.54. The van der Waals surface area contributed by atoms with Crippen molar-refractivity contribution in [1.29, 1.82) is 0 Å². The standard InChI is InChI=1S/C11H17NOS/c1-2-10(12)7-11(13)4-3-9-5-6-14-8-9/h5-6,8,10H,2-4,7,12H2,1H3. The monoisotopic (exact) mass is 211 g/mol. The molecular weight excluding hydrogens is 194 g/mol. The molecule has 0 saturated carbocycles. The lowest BCUT2D eigenvalue weighted by molar-refractivity contribution is -0.119. The molecule has 1 unspecified atom stereocenters. The van der Waals surface area contributed by atoms with Crippen LogP contribution in [-0.2, 0) is 11.2 Å². The molecule has 0 aromatic carbocycles. The normalized spacial score (nSPS) is 12.7. The third-order valence-electron chi connectivity index (χ3n) is 2.29. The van der Waals surface area contributed by atoms with E-state index in [1.54, 1.807) is 11.3 Å². The zero-order chi connectivity index (χ0) is 10.4. The Morgan fingerprint density at radius 1 is 1.64 bits per heavy atom. The third kappa shape index (κ3) is 4.03. The maximum Gasteiger partial charge on any atom is 0.134 e. The molecule has 0 fully saturated rings. The van der Waals surface area contributed by atoms with Gasteiger partial charge in [0.1, 0.15) is 5.78 Å². The van der Waals surface area contributed by atoms with Gasteiger partial charge in [-0.25, -0.2) is 0 Å². The average molecular weight is 211 g/mol. The van der Waals surface area contributed by atoms with Crippen molar-refractivity contribution in [3.8, 4) is 0 Å². The van der Waals surface area contributed by atoms with Gasteiger partial charge in [0, 0.05) is 18.9 Å². The lowest BCUT2D eigenvalue weighted by atomic mass is 10.0. The van der Waals surface area contributed by atoms with Gasteiger partial charge in [-0.1, -0.05) is 6.92 Å². The van der Waals surface area contributed by atoms with E-state index in [4.69, 9.17) is 5.73 Å². The summed E-state index contributed by atoms with van der Waals surface area (Å²) in [6.45, 7) is 2.01. The van der Waals surface area contributed by atoms with Crippen molar-refractivity contribution in [3.05, 3.63) is 22.4 Å². The quantitative estimate of drug-likeness (QED) is 0.785. The number of carbonyl (C=O) groups excluding carboxylic acids is 1. The van der Waals surface area contributed by atoms with Gasteiger partial charge in [-0.15, -0.1) is 0 Å². The molecule has 0 aliphatic heterocycles. The molecule has 1 aromatic heterocycles. The first-order chi connectivity index (χ1) is 6.72. The molecule has 78 valence electrons. The minimum Gasteiger partial charge on any atom is -0.327 e. The van der Waals surface area contributed by atoms with Crippen molar-refractivity contribution in [2.45, 2.75) is 38.6 Å². The summed E-state index contributed by atoms with van der Waals surface area (Å²) in [7, 11) is 0. The highest BCUT2D eigenvalue weighted by Crippen LogP contribution is 2.09. The number of nitrogens with two attached hydrogens (primary N) is 1. The number of Topliss-reactive ketones (excluding diaryl/α,β-unsaturated/α-hetero) is 1. The molecule has 2 nitrogen and oxygen atoms in total. The molecule has 1 rings (SSSR count). The van der Waals surface area contributed by atoms with Crippen molar-refractivity contribution in [1.82, 2.24) is 0 Å². The number of aryl methyl sites for hydroxylation is 1. The highest BCUT2D eigenvalue weighted by atomic mass is 32.1. The zero-order valence-electron chi connectivity index (χ0n) is 8.53. The van der Waals surface area contributed by atoms with E-state index < -0.39 is 0 Å². The summed E-state index contributed by atoms with van der Waals surface area (Å²) in [5.41, 5.74) is 6.96. The van der Waals surface area contributed by atoms with E-state index in [-0.39, 0.29) is 11.8 Å². The summed E-state index contributed by atoms with van der Waals surface area (Å²) in [4.78, 5) is 11.4. The van der Waals surface area contributed by atoms with Gasteiger partial charge in [-0.3, -0.25) is 4.79 Å². The predicted octanol–water partition coefficient (Wildman–Crippen LogP) is 2.38. The van der Waals surface area contributed by atoms with Crippen LogP contribution in [0.2, 0.25) is 0 Å². The maximum atomic E-state index is 11.4. The van der Waals surface area contributed by atoms with Crippen LogP contribution in [-0.4, -0.2) is 11.8 Å². The summed E-state index contributed by atoms with van der Waals surface area (Å²) < 4.78 is 0. The Labute approximate surface area is 89.1 Å². The smallest absolute Gasteiger partial charge is 0.134 e. The van der Waals surface area contributed by atoms with Crippen LogP contribution in [0.5, 0.6) is 0 Å². The molecular formula is C11H17NOS. The van der Waals surface area contributed by atoms with E-state index >= 15 is 0 Å². The van der Waals surface area contributed by atoms with Crippen LogP contribution < -0.4 is 5.73 Å². The van der Waals surface area contributed by atoms with Gasteiger partial charge in [0.15, 0.2) is 0 Å². The Morgan fingerprint density at radius 2 is 2.43 bits per heavy atom. The first kappa shape index (κ1) is 11.4. The van der Waals surface area contributed by atoms with Crippen molar-refractivity contribution in [3.63, 3.8) is 0 Å². The second-order valence-corrected chi connectivity index (χ2v) is 4.32. The van der Waals surface area contributed by atoms with Crippen LogP contribution in [0.15, 0.2) is 16.8 Å². The molecule has 0 bridgehead atoms. The van der Waals surface area contributed by atoms with E-state index in [0.717, 1.165) is 12.8 Å². The number of ketones is 1. The topological polar surface area (TPSA) is 43.1 Å². The molecule has 0 spiro atoms. The second kappa shape index (κ2) is 5.94. The molecule has 1 heterocycles. The van der Waals surface area contributed by atoms with Gasteiger partial charge >= 0.3 is 0 Å². The SMILES string of the molecule is CCC(N)CC(=O)CCc1ccsc1. The molecule has 1 aromatic rings. The van der Waals surface area contributed by atoms with Gasteiger partial charge in [0.2, 0.25) is 0 Å². The van der Waals surface area contributed by atoms with Crippen LogP contribution in [0.4, 0.5) is 0 Å². The highest BCUT2D eigenvalue weighted by Gasteiger charge is 2.07. The number of thiophene rings is 1. The summed E-state index contributed by atoms with van der Waals surface area (Å²) in [6, 6.07) is 2.11. The Hall–Kier alpha value is -0.670. The maximum absolute atomic E-state index is 11.4. The Bertz CT molecular complexity index is 269. The number of hydrogen-bond donors (Lipinski definition) is 1. The third-order valence-corrected chi connectivity index (χ3v) is 3.02. The fourth-order valence-electron chi connectivity index (χ4n) is 1.26. The van der Waals surface area contributed by atoms with Gasteiger partial charge in [-0.2, -0.15) is 11.3 Å².